The number of aryl methyl sites for hydroxylation is 2. The van der Waals surface area contributed by atoms with Gasteiger partial charge in [0.1, 0.15) is 29.2 Å². The van der Waals surface area contributed by atoms with Crippen molar-refractivity contribution >= 4 is 28.9 Å². The van der Waals surface area contributed by atoms with Crippen LogP contribution in [0.3, 0.4) is 0 Å². The van der Waals surface area contributed by atoms with Crippen LogP contribution in [0.4, 0.5) is 13.2 Å². The molecule has 0 aliphatic carbocycles. The molecule has 0 saturated heterocycles. The van der Waals surface area contributed by atoms with Crippen molar-refractivity contribution in [2.75, 3.05) is 19.8 Å². The minimum atomic E-state index is -4.36. The van der Waals surface area contributed by atoms with E-state index in [2.05, 4.69) is 5.16 Å². The average molecular weight is 518 g/mol. The smallest absolute Gasteiger partial charge is 0.416 e. The molecule has 9 heteroatoms. The summed E-state index contributed by atoms with van der Waals surface area (Å²) in [5.41, 5.74) is 2.43. The van der Waals surface area contributed by atoms with E-state index in [0.717, 1.165) is 47.6 Å². The summed E-state index contributed by atoms with van der Waals surface area (Å²) in [5.74, 6) is 1.57. The molecule has 0 fully saturated rings. The molecule has 0 atom stereocenters. The van der Waals surface area contributed by atoms with E-state index in [1.807, 2.05) is 26.0 Å². The van der Waals surface area contributed by atoms with Crippen molar-refractivity contribution < 1.29 is 27.5 Å². The number of oxime groups is 1. The van der Waals surface area contributed by atoms with Crippen molar-refractivity contribution in [1.82, 2.24) is 0 Å². The number of hydrogen-bond acceptors (Lipinski definition) is 4. The van der Waals surface area contributed by atoms with Crippen LogP contribution >= 0.6 is 23.2 Å². The van der Waals surface area contributed by atoms with Crippen LogP contribution in [0.5, 0.6) is 11.5 Å². The first kappa shape index (κ1) is 27.9. The maximum atomic E-state index is 12.7. The highest BCUT2D eigenvalue weighted by Gasteiger charge is 2.30. The van der Waals surface area contributed by atoms with Crippen LogP contribution in [0, 0.1) is 0 Å². The van der Waals surface area contributed by atoms with Gasteiger partial charge in [-0.2, -0.15) is 13.2 Å². The minimum Gasteiger partial charge on any atom is -0.493 e. The summed E-state index contributed by atoms with van der Waals surface area (Å²) >= 11 is 11.2. The van der Waals surface area contributed by atoms with Gasteiger partial charge in [0, 0.05) is 6.42 Å². The fraction of sp³-hybridized carbons (Fsp3) is 0.400. The van der Waals surface area contributed by atoms with Crippen LogP contribution < -0.4 is 9.47 Å². The number of halogens is 5. The lowest BCUT2D eigenvalue weighted by Crippen LogP contribution is -2.07. The van der Waals surface area contributed by atoms with Crippen LogP contribution in [0.25, 0.3) is 0 Å². The third-order valence-electron chi connectivity index (χ3n) is 4.92. The molecule has 34 heavy (non-hydrogen) atoms. The molecule has 0 N–H and O–H groups in total. The monoisotopic (exact) mass is 517 g/mol. The van der Waals surface area contributed by atoms with Crippen molar-refractivity contribution in [3.05, 3.63) is 69.2 Å². The number of benzene rings is 2. The molecule has 0 radical (unpaired) electrons. The van der Waals surface area contributed by atoms with Gasteiger partial charge in [-0.1, -0.05) is 54.3 Å². The normalized spacial score (nSPS) is 11.8. The molecule has 0 bridgehead atoms. The Kier molecular flexibility index (Phi) is 11.1. The molecule has 0 amide bonds. The predicted octanol–water partition coefficient (Wildman–Crippen LogP) is 7.74. The Morgan fingerprint density at radius 1 is 0.971 bits per heavy atom. The van der Waals surface area contributed by atoms with Crippen LogP contribution in [0.15, 0.2) is 52.1 Å². The standard InChI is InChI=1S/C25H28Cl2F3NO3/c1-4-18-15-22(32-14-11-23(26)27)16-19(5-2)24(18)33-12-6-13-34-31-17(3)20-7-9-21(10-8-20)25(28,29)30/h7-11,15-16H,4-6,12-14H2,1-3H3. The maximum absolute atomic E-state index is 12.7. The molecule has 0 heterocycles. The van der Waals surface area contributed by atoms with E-state index in [0.29, 0.717) is 30.9 Å². The van der Waals surface area contributed by atoms with Gasteiger partial charge >= 0.3 is 6.18 Å². The van der Waals surface area contributed by atoms with E-state index >= 15 is 0 Å². The van der Waals surface area contributed by atoms with Gasteiger partial charge in [-0.05, 0) is 66.8 Å². The van der Waals surface area contributed by atoms with Gasteiger partial charge < -0.3 is 14.3 Å². The zero-order valence-corrected chi connectivity index (χ0v) is 20.9. The Hall–Kier alpha value is -2.38. The Morgan fingerprint density at radius 2 is 1.59 bits per heavy atom. The van der Waals surface area contributed by atoms with Crippen LogP contribution in [0.1, 0.15) is 49.4 Å². The van der Waals surface area contributed by atoms with Gasteiger partial charge in [0.2, 0.25) is 0 Å². The highest BCUT2D eigenvalue weighted by Crippen LogP contribution is 2.31. The molecule has 2 aromatic rings. The first-order chi connectivity index (χ1) is 16.2. The van der Waals surface area contributed by atoms with E-state index < -0.39 is 11.7 Å². The highest BCUT2D eigenvalue weighted by molar-refractivity contribution is 6.55. The van der Waals surface area contributed by atoms with Crippen molar-refractivity contribution in [2.24, 2.45) is 5.16 Å². The summed E-state index contributed by atoms with van der Waals surface area (Å²) in [6, 6.07) is 8.69. The number of rotatable bonds is 12. The van der Waals surface area contributed by atoms with Crippen LogP contribution in [0.2, 0.25) is 0 Å². The van der Waals surface area contributed by atoms with Gasteiger partial charge in [-0.3, -0.25) is 0 Å². The second-order valence-corrected chi connectivity index (χ2v) is 8.38. The Labute approximate surface area is 208 Å². The molecule has 0 aliphatic rings. The molecule has 0 spiro atoms. The Bertz CT molecular complexity index is 961. The molecule has 0 saturated carbocycles. The zero-order valence-electron chi connectivity index (χ0n) is 19.3. The van der Waals surface area contributed by atoms with Crippen molar-refractivity contribution in [3.63, 3.8) is 0 Å². The van der Waals surface area contributed by atoms with Gasteiger partial charge in [-0.25, -0.2) is 0 Å². The van der Waals surface area contributed by atoms with E-state index in [-0.39, 0.29) is 11.1 Å². The second-order valence-electron chi connectivity index (χ2n) is 7.37. The molecule has 0 aromatic heterocycles. The molecule has 186 valence electrons. The van der Waals surface area contributed by atoms with Gasteiger partial charge in [0.15, 0.2) is 0 Å². The fourth-order valence-corrected chi connectivity index (χ4v) is 3.24. The Balaban J connectivity index is 1.88. The van der Waals surface area contributed by atoms with Gasteiger partial charge in [-0.15, -0.1) is 0 Å². The summed E-state index contributed by atoms with van der Waals surface area (Å²) in [4.78, 5) is 5.32. The van der Waals surface area contributed by atoms with E-state index in [9.17, 15) is 13.2 Å². The lowest BCUT2D eigenvalue weighted by Gasteiger charge is -2.17. The molecule has 0 unspecified atom stereocenters. The number of hydrogen-bond donors (Lipinski definition) is 0. The summed E-state index contributed by atoms with van der Waals surface area (Å²) in [6.07, 6.45) is -0.643. The largest absolute Gasteiger partial charge is 0.493 e. The molecular formula is C25H28Cl2F3NO3. The lowest BCUT2D eigenvalue weighted by molar-refractivity contribution is -0.137. The molecular weight excluding hydrogens is 490 g/mol. The molecule has 2 aromatic carbocycles. The fourth-order valence-electron chi connectivity index (χ4n) is 3.11. The van der Waals surface area contributed by atoms with E-state index in [4.69, 9.17) is 37.5 Å². The first-order valence-corrected chi connectivity index (χ1v) is 11.7. The average Bonchev–Trinajstić information content (AvgIpc) is 2.80. The highest BCUT2D eigenvalue weighted by atomic mass is 35.5. The quantitative estimate of drug-likeness (QED) is 0.164. The summed E-state index contributed by atoms with van der Waals surface area (Å²) < 4.78 is 49.9. The SMILES string of the molecule is CCc1cc(OCC=C(Cl)Cl)cc(CC)c1OCCCON=C(C)c1ccc(C(F)(F)F)cc1. The summed E-state index contributed by atoms with van der Waals surface area (Å²) in [6.45, 7) is 6.79. The summed E-state index contributed by atoms with van der Waals surface area (Å²) in [5, 5.41) is 3.99. The topological polar surface area (TPSA) is 40.0 Å². The van der Waals surface area contributed by atoms with Crippen LogP contribution in [-0.4, -0.2) is 25.5 Å². The number of alkyl halides is 3. The third-order valence-corrected chi connectivity index (χ3v) is 5.23. The van der Waals surface area contributed by atoms with Gasteiger partial charge in [0.25, 0.3) is 0 Å². The zero-order chi connectivity index (χ0) is 25.1. The molecule has 4 nitrogen and oxygen atoms in total. The lowest BCUT2D eigenvalue weighted by atomic mass is 10.0. The molecule has 2 rings (SSSR count). The number of nitrogens with zero attached hydrogens (tertiary/aromatic N) is 1. The first-order valence-electron chi connectivity index (χ1n) is 10.9. The Morgan fingerprint density at radius 3 is 2.12 bits per heavy atom. The van der Waals surface area contributed by atoms with E-state index in [1.54, 1.807) is 13.0 Å². The van der Waals surface area contributed by atoms with Crippen molar-refractivity contribution in [2.45, 2.75) is 46.2 Å². The van der Waals surface area contributed by atoms with Crippen LogP contribution in [-0.2, 0) is 23.9 Å². The third kappa shape index (κ3) is 8.76. The second kappa shape index (κ2) is 13.5. The van der Waals surface area contributed by atoms with Crippen molar-refractivity contribution in [3.8, 4) is 11.5 Å². The molecule has 0 aliphatic heterocycles. The van der Waals surface area contributed by atoms with E-state index in [1.165, 1.54) is 12.1 Å². The number of ether oxygens (including phenoxy) is 2. The summed E-state index contributed by atoms with van der Waals surface area (Å²) in [7, 11) is 0. The minimum absolute atomic E-state index is 0.160. The predicted molar refractivity (Wildman–Crippen MR) is 130 cm³/mol. The van der Waals surface area contributed by atoms with Crippen molar-refractivity contribution in [1.29, 1.82) is 0 Å². The van der Waals surface area contributed by atoms with Gasteiger partial charge in [0.05, 0.1) is 17.9 Å². The maximum Gasteiger partial charge on any atom is 0.416 e.